The number of rotatable bonds is 5. The molecule has 0 spiro atoms. The minimum atomic E-state index is -3.53. The first kappa shape index (κ1) is 15.5. The van der Waals surface area contributed by atoms with Crippen molar-refractivity contribution >= 4 is 31.6 Å². The highest BCUT2D eigenvalue weighted by Gasteiger charge is 2.15. The molecule has 0 amide bonds. The fraction of sp³-hybridized carbons (Fsp3) is 0.400. The van der Waals surface area contributed by atoms with Crippen molar-refractivity contribution in [1.29, 1.82) is 0 Å². The van der Waals surface area contributed by atoms with Gasteiger partial charge >= 0.3 is 4.87 Å². The van der Waals surface area contributed by atoms with Crippen LogP contribution in [-0.2, 0) is 10.0 Å². The molecule has 0 atom stereocenters. The first-order chi connectivity index (χ1) is 10.5. The molecule has 2 aromatic rings. The Hall–Kier alpha value is -1.44. The highest BCUT2D eigenvalue weighted by atomic mass is 32.2. The summed E-state index contributed by atoms with van der Waals surface area (Å²) in [6, 6.07) is 4.69. The minimum absolute atomic E-state index is 0.179. The van der Waals surface area contributed by atoms with E-state index in [0.717, 1.165) is 30.6 Å². The number of aromatic amines is 1. The summed E-state index contributed by atoms with van der Waals surface area (Å²) in [7, 11) is -3.53. The van der Waals surface area contributed by atoms with Gasteiger partial charge < -0.3 is 4.98 Å². The molecular weight excluding hydrogens is 320 g/mol. The summed E-state index contributed by atoms with van der Waals surface area (Å²) in [6.07, 6.45) is 7.59. The van der Waals surface area contributed by atoms with Gasteiger partial charge in [-0.3, -0.25) is 4.79 Å². The van der Waals surface area contributed by atoms with Crippen LogP contribution in [0.1, 0.15) is 32.1 Å². The number of aromatic nitrogens is 1. The average Bonchev–Trinajstić information content (AvgIpc) is 2.87. The van der Waals surface area contributed by atoms with Crippen molar-refractivity contribution in [3.05, 3.63) is 39.5 Å². The molecule has 0 radical (unpaired) electrons. The van der Waals surface area contributed by atoms with Crippen molar-refractivity contribution in [3.8, 4) is 0 Å². The summed E-state index contributed by atoms with van der Waals surface area (Å²) < 4.78 is 27.9. The Morgan fingerprint density at radius 1 is 1.27 bits per heavy atom. The Kier molecular flexibility index (Phi) is 4.46. The second kappa shape index (κ2) is 6.36. The second-order valence-corrected chi connectivity index (χ2v) is 8.21. The van der Waals surface area contributed by atoms with E-state index in [-0.39, 0.29) is 9.77 Å². The standard InChI is InChI=1S/C15H18N2O3S2/c18-15-17-13-7-6-12(10-14(13)21-15)22(19,20)16-9-8-11-4-2-1-3-5-11/h4,6-7,10,16H,1-3,5,8-9H2,(H,17,18). The quantitative estimate of drug-likeness (QED) is 0.823. The molecule has 5 nitrogen and oxygen atoms in total. The van der Waals surface area contributed by atoms with E-state index in [2.05, 4.69) is 15.8 Å². The first-order valence-electron chi connectivity index (χ1n) is 7.35. The van der Waals surface area contributed by atoms with E-state index in [1.807, 2.05) is 0 Å². The van der Waals surface area contributed by atoms with Crippen molar-refractivity contribution in [3.63, 3.8) is 0 Å². The van der Waals surface area contributed by atoms with Gasteiger partial charge in [-0.25, -0.2) is 13.1 Å². The molecule has 1 aromatic carbocycles. The van der Waals surface area contributed by atoms with Gasteiger partial charge in [0.25, 0.3) is 0 Å². The summed E-state index contributed by atoms with van der Waals surface area (Å²) in [4.78, 5) is 14.0. The maximum Gasteiger partial charge on any atom is 0.305 e. The van der Waals surface area contributed by atoms with Crippen LogP contribution in [0.25, 0.3) is 10.2 Å². The van der Waals surface area contributed by atoms with E-state index >= 15 is 0 Å². The average molecular weight is 338 g/mol. The number of thiazole rings is 1. The van der Waals surface area contributed by atoms with Gasteiger partial charge in [0.1, 0.15) is 0 Å². The third kappa shape index (κ3) is 3.48. The summed E-state index contributed by atoms with van der Waals surface area (Å²) in [5.74, 6) is 0. The lowest BCUT2D eigenvalue weighted by atomic mass is 9.97. The smallest absolute Gasteiger partial charge is 0.305 e. The zero-order chi connectivity index (χ0) is 15.6. The fourth-order valence-electron chi connectivity index (χ4n) is 2.65. The molecule has 0 unspecified atom stereocenters. The molecule has 3 rings (SSSR count). The Morgan fingerprint density at radius 3 is 2.91 bits per heavy atom. The van der Waals surface area contributed by atoms with Gasteiger partial charge in [0.05, 0.1) is 15.1 Å². The van der Waals surface area contributed by atoms with Gasteiger partial charge in [0, 0.05) is 6.54 Å². The maximum absolute atomic E-state index is 12.3. The predicted octanol–water partition coefficient (Wildman–Crippen LogP) is 2.76. The van der Waals surface area contributed by atoms with E-state index in [0.29, 0.717) is 16.8 Å². The van der Waals surface area contributed by atoms with Crippen molar-refractivity contribution in [2.75, 3.05) is 6.54 Å². The molecule has 0 fully saturated rings. The van der Waals surface area contributed by atoms with Crippen molar-refractivity contribution < 1.29 is 8.42 Å². The third-order valence-corrected chi connectivity index (χ3v) is 6.13. The summed E-state index contributed by atoms with van der Waals surface area (Å²) >= 11 is 1.02. The molecule has 1 aliphatic carbocycles. The van der Waals surface area contributed by atoms with Crippen LogP contribution < -0.4 is 9.60 Å². The molecular formula is C15H18N2O3S2. The molecule has 0 saturated carbocycles. The molecule has 1 aromatic heterocycles. The Morgan fingerprint density at radius 2 is 2.14 bits per heavy atom. The molecule has 0 aliphatic heterocycles. The second-order valence-electron chi connectivity index (χ2n) is 5.43. The first-order valence-corrected chi connectivity index (χ1v) is 9.65. The molecule has 2 N–H and O–H groups in total. The van der Waals surface area contributed by atoms with Crippen LogP contribution in [0.4, 0.5) is 0 Å². The Balaban J connectivity index is 1.70. The van der Waals surface area contributed by atoms with E-state index in [4.69, 9.17) is 0 Å². The zero-order valence-corrected chi connectivity index (χ0v) is 13.7. The number of benzene rings is 1. The molecule has 7 heteroatoms. The minimum Gasteiger partial charge on any atom is -0.312 e. The van der Waals surface area contributed by atoms with Crippen LogP contribution in [0.15, 0.2) is 39.5 Å². The summed E-state index contributed by atoms with van der Waals surface area (Å²) in [5.41, 5.74) is 2.01. The molecule has 1 aliphatic rings. The largest absolute Gasteiger partial charge is 0.312 e. The lowest BCUT2D eigenvalue weighted by Crippen LogP contribution is -2.25. The molecule has 0 saturated heterocycles. The van der Waals surface area contributed by atoms with Crippen LogP contribution >= 0.6 is 11.3 Å². The Bertz CT molecular complexity index is 862. The van der Waals surface area contributed by atoms with Crippen LogP contribution in [0, 0.1) is 0 Å². The normalized spacial score (nSPS) is 15.9. The lowest BCUT2D eigenvalue weighted by molar-refractivity contribution is 0.579. The fourth-order valence-corrected chi connectivity index (χ4v) is 4.56. The van der Waals surface area contributed by atoms with Gasteiger partial charge in [-0.15, -0.1) is 0 Å². The van der Waals surface area contributed by atoms with Crippen LogP contribution in [0.3, 0.4) is 0 Å². The monoisotopic (exact) mass is 338 g/mol. The van der Waals surface area contributed by atoms with Gasteiger partial charge in [0.15, 0.2) is 0 Å². The van der Waals surface area contributed by atoms with Gasteiger partial charge in [0.2, 0.25) is 10.0 Å². The van der Waals surface area contributed by atoms with Crippen molar-refractivity contribution in [2.45, 2.75) is 37.0 Å². The number of H-pyrrole nitrogens is 1. The SMILES string of the molecule is O=c1[nH]c2ccc(S(=O)(=O)NCCC3=CCCCC3)cc2s1. The van der Waals surface area contributed by atoms with Gasteiger partial charge in [-0.05, 0) is 50.3 Å². The number of sulfonamides is 1. The number of nitrogens with one attached hydrogen (secondary N) is 2. The van der Waals surface area contributed by atoms with Gasteiger partial charge in [-0.1, -0.05) is 23.0 Å². The molecule has 118 valence electrons. The van der Waals surface area contributed by atoms with Crippen molar-refractivity contribution in [1.82, 2.24) is 9.71 Å². The summed E-state index contributed by atoms with van der Waals surface area (Å²) in [5, 5.41) is 0. The summed E-state index contributed by atoms with van der Waals surface area (Å²) in [6.45, 7) is 0.412. The topological polar surface area (TPSA) is 79.0 Å². The molecule has 0 bridgehead atoms. The van der Waals surface area contributed by atoms with Crippen LogP contribution in [0.5, 0.6) is 0 Å². The van der Waals surface area contributed by atoms with Crippen LogP contribution in [-0.4, -0.2) is 19.9 Å². The number of hydrogen-bond acceptors (Lipinski definition) is 4. The van der Waals surface area contributed by atoms with E-state index < -0.39 is 10.0 Å². The maximum atomic E-state index is 12.3. The predicted molar refractivity (Wildman–Crippen MR) is 88.8 cm³/mol. The third-order valence-electron chi connectivity index (χ3n) is 3.83. The zero-order valence-electron chi connectivity index (χ0n) is 12.1. The Labute approximate surface area is 133 Å². The number of hydrogen-bond donors (Lipinski definition) is 2. The highest BCUT2D eigenvalue weighted by molar-refractivity contribution is 7.89. The highest BCUT2D eigenvalue weighted by Crippen LogP contribution is 2.21. The van der Waals surface area contributed by atoms with Crippen molar-refractivity contribution in [2.24, 2.45) is 0 Å². The molecule has 22 heavy (non-hydrogen) atoms. The number of fused-ring (bicyclic) bond motifs is 1. The molecule has 1 heterocycles. The van der Waals surface area contributed by atoms with Gasteiger partial charge in [-0.2, -0.15) is 0 Å². The number of allylic oxidation sites excluding steroid dienone is 1. The van der Waals surface area contributed by atoms with E-state index in [1.54, 1.807) is 12.1 Å². The van der Waals surface area contributed by atoms with Crippen LogP contribution in [0.2, 0.25) is 0 Å². The lowest BCUT2D eigenvalue weighted by Gasteiger charge is -2.13. The van der Waals surface area contributed by atoms with E-state index in [9.17, 15) is 13.2 Å². The van der Waals surface area contributed by atoms with E-state index in [1.165, 1.54) is 24.5 Å².